The third-order valence-electron chi connectivity index (χ3n) is 4.52. The summed E-state index contributed by atoms with van der Waals surface area (Å²) in [6.07, 6.45) is 5.53. The first-order valence-electron chi connectivity index (χ1n) is 9.52. The van der Waals surface area contributed by atoms with Crippen molar-refractivity contribution >= 4 is 40.6 Å². The van der Waals surface area contributed by atoms with Crippen molar-refractivity contribution in [1.29, 1.82) is 0 Å². The Morgan fingerprint density at radius 3 is 2.52 bits per heavy atom. The zero-order chi connectivity index (χ0) is 22.4. The predicted octanol–water partition coefficient (Wildman–Crippen LogP) is 5.88. The molecule has 0 aromatic heterocycles. The van der Waals surface area contributed by atoms with Gasteiger partial charge in [-0.25, -0.2) is 0 Å². The number of nitrogens with zero attached hydrogens (tertiary/aromatic N) is 1. The van der Waals surface area contributed by atoms with E-state index in [2.05, 4.69) is 13.2 Å². The van der Waals surface area contributed by atoms with Crippen LogP contribution in [0.4, 0.5) is 4.79 Å². The zero-order valence-corrected chi connectivity index (χ0v) is 18.7. The van der Waals surface area contributed by atoms with Crippen LogP contribution < -0.4 is 9.47 Å². The number of rotatable bonds is 9. The Bertz CT molecular complexity index is 1050. The van der Waals surface area contributed by atoms with E-state index in [-0.39, 0.29) is 17.7 Å². The number of hydrogen-bond acceptors (Lipinski definition) is 5. The number of imide groups is 1. The van der Waals surface area contributed by atoms with Gasteiger partial charge in [-0.05, 0) is 59.7 Å². The molecule has 2 amide bonds. The molecule has 0 bridgehead atoms. The number of hydrogen-bond donors (Lipinski definition) is 0. The monoisotopic (exact) mass is 455 g/mol. The Labute approximate surface area is 191 Å². The van der Waals surface area contributed by atoms with Gasteiger partial charge in [-0.2, -0.15) is 0 Å². The minimum absolute atomic E-state index is 0.185. The van der Waals surface area contributed by atoms with Gasteiger partial charge in [0.2, 0.25) is 0 Å². The lowest BCUT2D eigenvalue weighted by atomic mass is 10.0. The number of allylic oxidation sites excluding steroid dienone is 1. The molecule has 1 aliphatic heterocycles. The summed E-state index contributed by atoms with van der Waals surface area (Å²) < 4.78 is 11.6. The number of thioether (sulfide) groups is 1. The fraction of sp³-hybridized carbons (Fsp3) is 0.167. The molecule has 0 atom stereocenters. The highest BCUT2D eigenvalue weighted by Gasteiger charge is 2.34. The molecule has 0 unspecified atom stereocenters. The summed E-state index contributed by atoms with van der Waals surface area (Å²) in [5.41, 5.74) is 2.56. The average Bonchev–Trinajstić information content (AvgIpc) is 3.01. The number of halogens is 1. The van der Waals surface area contributed by atoms with Gasteiger partial charge in [0.25, 0.3) is 11.1 Å². The van der Waals surface area contributed by atoms with Crippen LogP contribution in [0.1, 0.15) is 16.7 Å². The molecular weight excluding hydrogens is 434 g/mol. The highest BCUT2D eigenvalue weighted by molar-refractivity contribution is 8.18. The number of amides is 2. The Kier molecular flexibility index (Phi) is 7.60. The lowest BCUT2D eigenvalue weighted by Crippen LogP contribution is -2.27. The second-order valence-electron chi connectivity index (χ2n) is 6.70. The first-order valence-corrected chi connectivity index (χ1v) is 10.7. The maximum atomic E-state index is 12.5. The SMILES string of the molecule is C=CCc1cc(/C=C2/SC(=O)N(CC=C)C2=O)cc(OC)c1OCc1ccc(Cl)cc1. The van der Waals surface area contributed by atoms with Gasteiger partial charge in [0.05, 0.1) is 12.0 Å². The quantitative estimate of drug-likeness (QED) is 0.349. The van der Waals surface area contributed by atoms with Crippen molar-refractivity contribution in [3.05, 3.63) is 88.3 Å². The smallest absolute Gasteiger partial charge is 0.293 e. The molecule has 5 nitrogen and oxygen atoms in total. The number of benzene rings is 2. The summed E-state index contributed by atoms with van der Waals surface area (Å²) in [6.45, 7) is 7.94. The minimum Gasteiger partial charge on any atom is -0.493 e. The van der Waals surface area contributed by atoms with E-state index in [1.54, 1.807) is 25.3 Å². The lowest BCUT2D eigenvalue weighted by molar-refractivity contribution is -0.122. The van der Waals surface area contributed by atoms with Crippen molar-refractivity contribution in [2.24, 2.45) is 0 Å². The summed E-state index contributed by atoms with van der Waals surface area (Å²) in [6, 6.07) is 11.1. The summed E-state index contributed by atoms with van der Waals surface area (Å²) in [4.78, 5) is 26.1. The normalized spacial score (nSPS) is 14.8. The van der Waals surface area contributed by atoms with E-state index in [0.717, 1.165) is 33.4 Å². The van der Waals surface area contributed by atoms with Gasteiger partial charge in [-0.1, -0.05) is 35.9 Å². The molecule has 2 aromatic rings. The van der Waals surface area contributed by atoms with Crippen LogP contribution in [0, 0.1) is 0 Å². The van der Waals surface area contributed by atoms with E-state index in [0.29, 0.717) is 34.5 Å². The minimum atomic E-state index is -0.331. The van der Waals surface area contributed by atoms with Crippen LogP contribution in [0.2, 0.25) is 5.02 Å². The van der Waals surface area contributed by atoms with Crippen LogP contribution in [-0.4, -0.2) is 29.7 Å². The molecule has 160 valence electrons. The Morgan fingerprint density at radius 1 is 1.13 bits per heavy atom. The second-order valence-corrected chi connectivity index (χ2v) is 8.13. The van der Waals surface area contributed by atoms with Crippen molar-refractivity contribution in [3.8, 4) is 11.5 Å². The summed E-state index contributed by atoms with van der Waals surface area (Å²) in [7, 11) is 1.56. The van der Waals surface area contributed by atoms with Crippen molar-refractivity contribution in [1.82, 2.24) is 4.90 Å². The summed E-state index contributed by atoms with van der Waals surface area (Å²) in [5, 5.41) is 0.355. The molecule has 0 spiro atoms. The molecule has 3 rings (SSSR count). The predicted molar refractivity (Wildman–Crippen MR) is 126 cm³/mol. The first kappa shape index (κ1) is 22.7. The maximum absolute atomic E-state index is 12.5. The van der Waals surface area contributed by atoms with E-state index in [1.807, 2.05) is 30.3 Å². The third kappa shape index (κ3) is 5.40. The van der Waals surface area contributed by atoms with Gasteiger partial charge < -0.3 is 9.47 Å². The van der Waals surface area contributed by atoms with E-state index in [1.165, 1.54) is 6.08 Å². The van der Waals surface area contributed by atoms with Crippen molar-refractivity contribution in [2.75, 3.05) is 13.7 Å². The Morgan fingerprint density at radius 2 is 1.87 bits per heavy atom. The van der Waals surface area contributed by atoms with Gasteiger partial charge in [0.1, 0.15) is 6.61 Å². The second kappa shape index (κ2) is 10.4. The fourth-order valence-electron chi connectivity index (χ4n) is 3.06. The highest BCUT2D eigenvalue weighted by atomic mass is 35.5. The van der Waals surface area contributed by atoms with Crippen molar-refractivity contribution in [3.63, 3.8) is 0 Å². The maximum Gasteiger partial charge on any atom is 0.293 e. The standard InChI is InChI=1S/C24H22ClNO4S/c1-4-6-18-12-17(14-21-23(27)26(11-5-2)24(28)31-21)13-20(29-3)22(18)30-15-16-7-9-19(25)10-8-16/h4-5,7-10,12-14H,1-2,6,11,15H2,3H3/b21-14+. The molecule has 0 N–H and O–H groups in total. The van der Waals surface area contributed by atoms with Crippen molar-refractivity contribution < 1.29 is 19.1 Å². The molecule has 31 heavy (non-hydrogen) atoms. The molecule has 0 radical (unpaired) electrons. The van der Waals surface area contributed by atoms with Crippen LogP contribution in [0.25, 0.3) is 6.08 Å². The molecule has 7 heteroatoms. The van der Waals surface area contributed by atoms with Crippen LogP contribution in [0.3, 0.4) is 0 Å². The summed E-state index contributed by atoms with van der Waals surface area (Å²) >= 11 is 6.85. The zero-order valence-electron chi connectivity index (χ0n) is 17.1. The van der Waals surface area contributed by atoms with Gasteiger partial charge >= 0.3 is 0 Å². The van der Waals surface area contributed by atoms with E-state index in [4.69, 9.17) is 21.1 Å². The average molecular weight is 456 g/mol. The number of carbonyl (C=O) groups excluding carboxylic acids is 2. The molecule has 0 aliphatic carbocycles. The Hall–Kier alpha value is -2.96. The first-order chi connectivity index (χ1) is 15.0. The Balaban J connectivity index is 1.91. The van der Waals surface area contributed by atoms with Gasteiger partial charge in [0, 0.05) is 17.1 Å². The highest BCUT2D eigenvalue weighted by Crippen LogP contribution is 2.37. The molecule has 1 fully saturated rings. The molecular formula is C24H22ClNO4S. The van der Waals surface area contributed by atoms with Crippen LogP contribution in [-0.2, 0) is 17.8 Å². The third-order valence-corrected chi connectivity index (χ3v) is 5.68. The van der Waals surface area contributed by atoms with Crippen molar-refractivity contribution in [2.45, 2.75) is 13.0 Å². The molecule has 1 heterocycles. The largest absolute Gasteiger partial charge is 0.493 e. The van der Waals surface area contributed by atoms with Crippen LogP contribution in [0.15, 0.2) is 66.6 Å². The van der Waals surface area contributed by atoms with Gasteiger partial charge in [0.15, 0.2) is 11.5 Å². The fourth-order valence-corrected chi connectivity index (χ4v) is 4.04. The molecule has 2 aromatic carbocycles. The van der Waals surface area contributed by atoms with Gasteiger partial charge in [-0.3, -0.25) is 14.5 Å². The summed E-state index contributed by atoms with van der Waals surface area (Å²) in [5.74, 6) is 0.807. The molecule has 1 saturated heterocycles. The van der Waals surface area contributed by atoms with Crippen LogP contribution in [0.5, 0.6) is 11.5 Å². The van der Waals surface area contributed by atoms with Crippen LogP contribution >= 0.6 is 23.4 Å². The molecule has 1 aliphatic rings. The topological polar surface area (TPSA) is 55.8 Å². The molecule has 0 saturated carbocycles. The van der Waals surface area contributed by atoms with E-state index in [9.17, 15) is 9.59 Å². The number of ether oxygens (including phenoxy) is 2. The number of methoxy groups -OCH3 is 1. The van der Waals surface area contributed by atoms with Gasteiger partial charge in [-0.15, -0.1) is 13.2 Å². The van der Waals surface area contributed by atoms with E-state index >= 15 is 0 Å². The van der Waals surface area contributed by atoms with E-state index < -0.39 is 0 Å². The number of carbonyl (C=O) groups is 2. The lowest BCUT2D eigenvalue weighted by Gasteiger charge is -2.16.